The Labute approximate surface area is 99.2 Å². The largest absolute Gasteiger partial charge is 0.478 e. The second-order valence-electron chi connectivity index (χ2n) is 4.17. The highest BCUT2D eigenvalue weighted by Gasteiger charge is 2.30. The van der Waals surface area contributed by atoms with Gasteiger partial charge in [0.15, 0.2) is 5.60 Å². The van der Waals surface area contributed by atoms with E-state index in [1.165, 1.54) is 13.8 Å². The third-order valence-corrected chi connectivity index (χ3v) is 2.22. The fourth-order valence-electron chi connectivity index (χ4n) is 1.26. The van der Waals surface area contributed by atoms with E-state index in [1.807, 2.05) is 0 Å². The summed E-state index contributed by atoms with van der Waals surface area (Å²) in [5, 5.41) is 8.96. The number of hydrogen-bond donors (Lipinski definition) is 2. The SMILES string of the molecule is CC(C)(Oc1ccccc1CC(N)=O)C(=O)O. The summed E-state index contributed by atoms with van der Waals surface area (Å²) in [7, 11) is 0. The summed E-state index contributed by atoms with van der Waals surface area (Å²) >= 11 is 0. The van der Waals surface area contributed by atoms with Crippen LogP contribution in [0.2, 0.25) is 0 Å². The Morgan fingerprint density at radius 1 is 1.35 bits per heavy atom. The number of nitrogens with two attached hydrogens (primary N) is 1. The van der Waals surface area contributed by atoms with Gasteiger partial charge < -0.3 is 15.6 Å². The molecule has 1 amide bonds. The standard InChI is InChI=1S/C12H15NO4/c1-12(2,11(15)16)17-9-6-4-3-5-8(9)7-10(13)14/h3-6H,7H2,1-2H3,(H2,13,14)(H,15,16). The van der Waals surface area contributed by atoms with Gasteiger partial charge in [-0.1, -0.05) is 18.2 Å². The highest BCUT2D eigenvalue weighted by molar-refractivity contribution is 5.78. The Morgan fingerprint density at radius 2 is 1.94 bits per heavy atom. The Morgan fingerprint density at radius 3 is 2.47 bits per heavy atom. The molecule has 17 heavy (non-hydrogen) atoms. The minimum atomic E-state index is -1.35. The Bertz CT molecular complexity index is 440. The molecule has 0 radical (unpaired) electrons. The number of amides is 1. The number of para-hydroxylation sites is 1. The van der Waals surface area contributed by atoms with Crippen LogP contribution in [0.15, 0.2) is 24.3 Å². The van der Waals surface area contributed by atoms with Crippen molar-refractivity contribution < 1.29 is 19.4 Å². The lowest BCUT2D eigenvalue weighted by atomic mass is 10.1. The van der Waals surface area contributed by atoms with Gasteiger partial charge in [-0.15, -0.1) is 0 Å². The van der Waals surface area contributed by atoms with Gasteiger partial charge in [-0.05, 0) is 19.9 Å². The second-order valence-corrected chi connectivity index (χ2v) is 4.17. The lowest BCUT2D eigenvalue weighted by Gasteiger charge is -2.23. The number of aliphatic carboxylic acids is 1. The number of benzene rings is 1. The van der Waals surface area contributed by atoms with E-state index in [0.717, 1.165) is 0 Å². The zero-order chi connectivity index (χ0) is 13.1. The molecule has 5 nitrogen and oxygen atoms in total. The van der Waals surface area contributed by atoms with E-state index in [2.05, 4.69) is 0 Å². The molecule has 0 bridgehead atoms. The van der Waals surface area contributed by atoms with Gasteiger partial charge in [-0.3, -0.25) is 4.79 Å². The van der Waals surface area contributed by atoms with Crippen LogP contribution in [-0.2, 0) is 16.0 Å². The molecule has 92 valence electrons. The first-order chi connectivity index (χ1) is 7.83. The van der Waals surface area contributed by atoms with Crippen molar-refractivity contribution in [1.82, 2.24) is 0 Å². The van der Waals surface area contributed by atoms with Gasteiger partial charge in [-0.25, -0.2) is 4.79 Å². The van der Waals surface area contributed by atoms with Crippen molar-refractivity contribution in [2.75, 3.05) is 0 Å². The molecule has 0 aliphatic rings. The van der Waals surface area contributed by atoms with Crippen molar-refractivity contribution in [3.8, 4) is 5.75 Å². The average molecular weight is 237 g/mol. The molecule has 1 rings (SSSR count). The zero-order valence-electron chi connectivity index (χ0n) is 9.77. The highest BCUT2D eigenvalue weighted by atomic mass is 16.5. The molecule has 1 aromatic carbocycles. The third kappa shape index (κ3) is 3.48. The first-order valence-electron chi connectivity index (χ1n) is 5.11. The minimum absolute atomic E-state index is 0.0197. The van der Waals surface area contributed by atoms with E-state index < -0.39 is 17.5 Å². The molecule has 0 aliphatic carbocycles. The Hall–Kier alpha value is -2.04. The summed E-state index contributed by atoms with van der Waals surface area (Å²) in [5.41, 5.74) is 4.33. The van der Waals surface area contributed by atoms with Gasteiger partial charge in [0.05, 0.1) is 6.42 Å². The van der Waals surface area contributed by atoms with E-state index in [0.29, 0.717) is 11.3 Å². The van der Waals surface area contributed by atoms with Crippen LogP contribution in [0.25, 0.3) is 0 Å². The number of hydrogen-bond acceptors (Lipinski definition) is 3. The van der Waals surface area contributed by atoms with E-state index in [9.17, 15) is 9.59 Å². The predicted octanol–water partition coefficient (Wildman–Crippen LogP) is 0.956. The molecule has 1 aromatic rings. The summed E-state index contributed by atoms with van der Waals surface area (Å²) in [5.74, 6) is -1.21. The molecule has 0 atom stereocenters. The number of rotatable bonds is 5. The first kappa shape index (κ1) is 13.0. The maximum absolute atomic E-state index is 10.9. The van der Waals surface area contributed by atoms with Crippen LogP contribution in [0.1, 0.15) is 19.4 Å². The highest BCUT2D eigenvalue weighted by Crippen LogP contribution is 2.23. The summed E-state index contributed by atoms with van der Waals surface area (Å²) in [6, 6.07) is 6.73. The third-order valence-electron chi connectivity index (χ3n) is 2.22. The van der Waals surface area contributed by atoms with Crippen LogP contribution < -0.4 is 10.5 Å². The molecule has 3 N–H and O–H groups in total. The second kappa shape index (κ2) is 4.86. The number of ether oxygens (including phenoxy) is 1. The molecule has 5 heteroatoms. The maximum Gasteiger partial charge on any atom is 0.347 e. The quantitative estimate of drug-likeness (QED) is 0.798. The van der Waals surface area contributed by atoms with Gasteiger partial charge in [0.1, 0.15) is 5.75 Å². The summed E-state index contributed by atoms with van der Waals surface area (Å²) < 4.78 is 5.39. The van der Waals surface area contributed by atoms with Crippen molar-refractivity contribution in [2.24, 2.45) is 5.73 Å². The fraction of sp³-hybridized carbons (Fsp3) is 0.333. The van der Waals surface area contributed by atoms with Crippen LogP contribution in [0.4, 0.5) is 0 Å². The van der Waals surface area contributed by atoms with Crippen molar-refractivity contribution >= 4 is 11.9 Å². The molecule has 0 unspecified atom stereocenters. The number of carbonyl (C=O) groups is 2. The molecule has 0 saturated heterocycles. The van der Waals surface area contributed by atoms with Crippen molar-refractivity contribution in [2.45, 2.75) is 25.9 Å². The normalized spacial score (nSPS) is 10.9. The van der Waals surface area contributed by atoms with Gasteiger partial charge >= 0.3 is 5.97 Å². The smallest absolute Gasteiger partial charge is 0.347 e. The molecule has 0 aliphatic heterocycles. The van der Waals surface area contributed by atoms with E-state index >= 15 is 0 Å². The molecular formula is C12H15NO4. The molecular weight excluding hydrogens is 222 g/mol. The van der Waals surface area contributed by atoms with Crippen molar-refractivity contribution in [3.63, 3.8) is 0 Å². The number of primary amides is 1. The molecule has 0 heterocycles. The van der Waals surface area contributed by atoms with Gasteiger partial charge in [0.25, 0.3) is 0 Å². The van der Waals surface area contributed by atoms with Crippen LogP contribution in [0.5, 0.6) is 5.75 Å². The molecule has 0 spiro atoms. The molecule has 0 fully saturated rings. The van der Waals surface area contributed by atoms with E-state index in [-0.39, 0.29) is 6.42 Å². The van der Waals surface area contributed by atoms with Crippen molar-refractivity contribution in [1.29, 1.82) is 0 Å². The lowest BCUT2D eigenvalue weighted by Crippen LogP contribution is -2.38. The summed E-state index contributed by atoms with van der Waals surface area (Å²) in [6.07, 6.45) is 0.0197. The van der Waals surface area contributed by atoms with Crippen LogP contribution >= 0.6 is 0 Å². The van der Waals surface area contributed by atoms with E-state index in [1.54, 1.807) is 24.3 Å². The summed E-state index contributed by atoms with van der Waals surface area (Å²) in [4.78, 5) is 21.8. The van der Waals surface area contributed by atoms with Crippen molar-refractivity contribution in [3.05, 3.63) is 29.8 Å². The van der Waals surface area contributed by atoms with Crippen LogP contribution in [-0.4, -0.2) is 22.6 Å². The monoisotopic (exact) mass is 237 g/mol. The first-order valence-corrected chi connectivity index (χ1v) is 5.11. The fourth-order valence-corrected chi connectivity index (χ4v) is 1.26. The Kier molecular flexibility index (Phi) is 3.73. The van der Waals surface area contributed by atoms with Gasteiger partial charge in [0.2, 0.25) is 5.91 Å². The Balaban J connectivity index is 2.98. The number of carboxylic acid groups (broad SMARTS) is 1. The number of carboxylic acids is 1. The average Bonchev–Trinajstić information content (AvgIpc) is 2.19. The topological polar surface area (TPSA) is 89.6 Å². The lowest BCUT2D eigenvalue weighted by molar-refractivity contribution is -0.152. The maximum atomic E-state index is 10.9. The molecule has 0 aromatic heterocycles. The van der Waals surface area contributed by atoms with Crippen LogP contribution in [0, 0.1) is 0 Å². The predicted molar refractivity (Wildman–Crippen MR) is 61.7 cm³/mol. The molecule has 0 saturated carbocycles. The van der Waals surface area contributed by atoms with E-state index in [4.69, 9.17) is 15.6 Å². The number of carbonyl (C=O) groups excluding carboxylic acids is 1. The van der Waals surface area contributed by atoms with Crippen LogP contribution in [0.3, 0.4) is 0 Å². The summed E-state index contributed by atoms with van der Waals surface area (Å²) in [6.45, 7) is 2.88. The van der Waals surface area contributed by atoms with Gasteiger partial charge in [0, 0.05) is 5.56 Å². The minimum Gasteiger partial charge on any atom is -0.478 e. The van der Waals surface area contributed by atoms with Gasteiger partial charge in [-0.2, -0.15) is 0 Å². The zero-order valence-corrected chi connectivity index (χ0v) is 9.77.